The quantitative estimate of drug-likeness (QED) is 0.584. The third kappa shape index (κ3) is 5.37. The van der Waals surface area contributed by atoms with Gasteiger partial charge >= 0.3 is 0 Å². The van der Waals surface area contributed by atoms with Crippen molar-refractivity contribution in [3.8, 4) is 0 Å². The molecule has 1 heterocycles. The van der Waals surface area contributed by atoms with Crippen molar-refractivity contribution in [2.45, 2.75) is 65.2 Å². The van der Waals surface area contributed by atoms with Crippen LogP contribution in [0.3, 0.4) is 0 Å². The van der Waals surface area contributed by atoms with Crippen LogP contribution >= 0.6 is 8.35 Å². The topological polar surface area (TPSA) is 12.9 Å². The third-order valence-electron chi connectivity index (χ3n) is 2.96. The second kappa shape index (κ2) is 7.93. The molecule has 1 rings (SSSR count). The molecule has 1 aromatic rings. The van der Waals surface area contributed by atoms with Crippen molar-refractivity contribution in [3.63, 3.8) is 0 Å². The molecule has 0 aromatic carbocycles. The minimum atomic E-state index is 0.741. The van der Waals surface area contributed by atoms with Crippen LogP contribution in [-0.2, 0) is 6.42 Å². The Morgan fingerprint density at radius 3 is 2.33 bits per heavy atom. The van der Waals surface area contributed by atoms with Crippen LogP contribution in [0.15, 0.2) is 6.20 Å². The van der Waals surface area contributed by atoms with Gasteiger partial charge in [-0.25, -0.2) is 4.75 Å². The van der Waals surface area contributed by atoms with Gasteiger partial charge in [0.25, 0.3) is 0 Å². The van der Waals surface area contributed by atoms with E-state index < -0.39 is 0 Å². The van der Waals surface area contributed by atoms with Crippen molar-refractivity contribution in [1.29, 1.82) is 0 Å². The van der Waals surface area contributed by atoms with E-state index in [1.807, 2.05) is 6.20 Å². The van der Waals surface area contributed by atoms with E-state index in [2.05, 4.69) is 18.6 Å². The van der Waals surface area contributed by atoms with Crippen molar-refractivity contribution in [1.82, 2.24) is 4.75 Å². The van der Waals surface area contributed by atoms with E-state index in [-0.39, 0.29) is 0 Å². The summed E-state index contributed by atoms with van der Waals surface area (Å²) in [6, 6.07) is 0. The Morgan fingerprint density at radius 2 is 1.73 bits per heavy atom. The lowest BCUT2D eigenvalue weighted by atomic mass is 10.1. The van der Waals surface area contributed by atoms with Gasteiger partial charge in [0, 0.05) is 6.20 Å². The molecule has 0 radical (unpaired) electrons. The fourth-order valence-corrected chi connectivity index (χ4v) is 2.83. The van der Waals surface area contributed by atoms with Gasteiger partial charge in [-0.3, -0.25) is 0 Å². The van der Waals surface area contributed by atoms with Gasteiger partial charge in [0.2, 0.25) is 0 Å². The van der Waals surface area contributed by atoms with Gasteiger partial charge in [-0.05, 0) is 39.0 Å². The van der Waals surface area contributed by atoms with Crippen molar-refractivity contribution in [2.75, 3.05) is 0 Å². The molecule has 15 heavy (non-hydrogen) atoms. The molecule has 1 unspecified atom stereocenters. The molecular weight excluding hydrogens is 201 g/mol. The summed E-state index contributed by atoms with van der Waals surface area (Å²) in [4.78, 5) is 0. The number of hydrogen-bond acceptors (Lipinski definition) is 1. The Kier molecular flexibility index (Phi) is 6.76. The first kappa shape index (κ1) is 12.8. The van der Waals surface area contributed by atoms with Crippen molar-refractivity contribution in [3.05, 3.63) is 17.1 Å². The molecule has 0 fully saturated rings. The monoisotopic (exact) mass is 225 g/mol. The fraction of sp³-hybridized carbons (Fsp3) is 0.769. The molecule has 0 aliphatic heterocycles. The highest BCUT2D eigenvalue weighted by Crippen LogP contribution is 2.20. The molecule has 86 valence electrons. The molecule has 0 bridgehead atoms. The zero-order chi connectivity index (χ0) is 10.9. The second-order valence-corrected chi connectivity index (χ2v) is 5.49. The van der Waals surface area contributed by atoms with Crippen LogP contribution in [0.1, 0.15) is 62.7 Å². The number of aryl methyl sites for hydroxylation is 2. The number of hydrogen-bond donors (Lipinski definition) is 0. The van der Waals surface area contributed by atoms with Gasteiger partial charge in [-0.15, -0.1) is 0 Å². The number of rotatable bonds is 8. The first-order valence-corrected chi connectivity index (χ1v) is 7.28. The summed E-state index contributed by atoms with van der Waals surface area (Å²) in [5.74, 6) is 0. The second-order valence-electron chi connectivity index (χ2n) is 4.40. The van der Waals surface area contributed by atoms with E-state index in [1.165, 1.54) is 56.9 Å². The van der Waals surface area contributed by atoms with Crippen molar-refractivity contribution in [2.24, 2.45) is 0 Å². The molecule has 0 N–H and O–H groups in total. The van der Waals surface area contributed by atoms with Gasteiger partial charge in [-0.1, -0.05) is 45.4 Å². The lowest BCUT2D eigenvalue weighted by Gasteiger charge is -2.01. The summed E-state index contributed by atoms with van der Waals surface area (Å²) in [5, 5.41) is 1.60. The van der Waals surface area contributed by atoms with E-state index in [4.69, 9.17) is 0 Å². The van der Waals surface area contributed by atoms with Crippen LogP contribution in [0, 0.1) is 6.92 Å². The highest BCUT2D eigenvalue weighted by Gasteiger charge is 1.98. The van der Waals surface area contributed by atoms with Gasteiger partial charge in [0.15, 0.2) is 0 Å². The molecule has 1 atom stereocenters. The zero-order valence-electron chi connectivity index (χ0n) is 10.2. The summed E-state index contributed by atoms with van der Waals surface area (Å²) in [7, 11) is 0.741. The van der Waals surface area contributed by atoms with Gasteiger partial charge < -0.3 is 0 Å². The molecule has 2 heteroatoms. The van der Waals surface area contributed by atoms with E-state index in [9.17, 15) is 0 Å². The highest BCUT2D eigenvalue weighted by molar-refractivity contribution is 7.26. The van der Waals surface area contributed by atoms with E-state index >= 15 is 0 Å². The lowest BCUT2D eigenvalue weighted by Crippen LogP contribution is -1.84. The van der Waals surface area contributed by atoms with Gasteiger partial charge in [-0.2, -0.15) is 0 Å². The molecule has 0 amide bonds. The van der Waals surface area contributed by atoms with E-state index in [0.29, 0.717) is 0 Å². The SMILES string of the molecule is CCCCCCCCCc1[pH]ncc1C. The summed E-state index contributed by atoms with van der Waals surface area (Å²) in [5.41, 5.74) is 1.43. The molecule has 0 aliphatic rings. The van der Waals surface area contributed by atoms with Gasteiger partial charge in [0.05, 0.1) is 0 Å². The van der Waals surface area contributed by atoms with Crippen LogP contribution in [0.25, 0.3) is 0 Å². The molecule has 0 aliphatic carbocycles. The van der Waals surface area contributed by atoms with Crippen molar-refractivity contribution >= 4 is 8.35 Å². The predicted molar refractivity (Wildman–Crippen MR) is 70.2 cm³/mol. The van der Waals surface area contributed by atoms with Crippen LogP contribution in [-0.4, -0.2) is 4.75 Å². The zero-order valence-corrected chi connectivity index (χ0v) is 11.2. The Labute approximate surface area is 95.8 Å². The maximum atomic E-state index is 4.31. The number of nitrogens with zero attached hydrogens (tertiary/aromatic N) is 1. The molecule has 1 aromatic heterocycles. The van der Waals surface area contributed by atoms with Crippen LogP contribution in [0.5, 0.6) is 0 Å². The Hall–Kier alpha value is -0.290. The number of aromatic nitrogens is 1. The Morgan fingerprint density at radius 1 is 1.07 bits per heavy atom. The molecular formula is C13H24NP. The Bertz CT molecular complexity index is 255. The van der Waals surface area contributed by atoms with Gasteiger partial charge in [0.1, 0.15) is 0 Å². The molecule has 1 nitrogen and oxygen atoms in total. The minimum absolute atomic E-state index is 0.741. The number of unbranched alkanes of at least 4 members (excludes halogenated alkanes) is 6. The van der Waals surface area contributed by atoms with Crippen LogP contribution < -0.4 is 0 Å². The predicted octanol–water partition coefficient (Wildman–Crippen LogP) is 4.71. The fourth-order valence-electron chi connectivity index (χ4n) is 1.89. The summed E-state index contributed by atoms with van der Waals surface area (Å²) in [6.07, 6.45) is 13.2. The first-order valence-electron chi connectivity index (χ1n) is 6.33. The van der Waals surface area contributed by atoms with Crippen molar-refractivity contribution < 1.29 is 0 Å². The third-order valence-corrected chi connectivity index (χ3v) is 4.14. The highest BCUT2D eigenvalue weighted by atomic mass is 31.0. The van der Waals surface area contributed by atoms with E-state index in [0.717, 1.165) is 8.35 Å². The normalized spacial score (nSPS) is 11.3. The molecule has 0 spiro atoms. The largest absolute Gasteiger partial charge is 0.248 e. The lowest BCUT2D eigenvalue weighted by molar-refractivity contribution is 0.590. The summed E-state index contributed by atoms with van der Waals surface area (Å²) < 4.78 is 4.31. The van der Waals surface area contributed by atoms with Crippen LogP contribution in [0.4, 0.5) is 0 Å². The maximum Gasteiger partial charge on any atom is 0.0342 e. The van der Waals surface area contributed by atoms with Crippen LogP contribution in [0.2, 0.25) is 0 Å². The maximum absolute atomic E-state index is 4.31. The Balaban J connectivity index is 1.96. The summed E-state index contributed by atoms with van der Waals surface area (Å²) >= 11 is 0. The summed E-state index contributed by atoms with van der Waals surface area (Å²) in [6.45, 7) is 4.47. The molecule has 0 saturated heterocycles. The molecule has 0 saturated carbocycles. The van der Waals surface area contributed by atoms with E-state index in [1.54, 1.807) is 5.30 Å². The average molecular weight is 225 g/mol. The standard InChI is InChI=1S/C13H24NP/c1-3-4-5-6-7-8-9-10-13-12(2)11-14-15-13/h11,15H,3-10H2,1-2H3. The minimum Gasteiger partial charge on any atom is -0.248 e. The average Bonchev–Trinajstić information content (AvgIpc) is 2.63. The first-order chi connectivity index (χ1) is 7.34. The smallest absolute Gasteiger partial charge is 0.0342 e.